The molecule has 1 aromatic heterocycles. The van der Waals surface area contributed by atoms with Crippen LogP contribution in [0, 0.1) is 0 Å². The van der Waals surface area contributed by atoms with Gasteiger partial charge < -0.3 is 9.88 Å². The summed E-state index contributed by atoms with van der Waals surface area (Å²) in [5.41, 5.74) is 2.33. The molecular weight excluding hydrogens is 258 g/mol. The molecule has 0 saturated heterocycles. The largest absolute Gasteiger partial charge is 0.351 e. The maximum Gasteiger partial charge on any atom is 0.230 e. The fourth-order valence-electron chi connectivity index (χ4n) is 1.74. The van der Waals surface area contributed by atoms with Crippen molar-refractivity contribution in [3.63, 3.8) is 0 Å². The maximum atomic E-state index is 11.4. The molecule has 1 amide bonds. The molecule has 1 heterocycles. The summed E-state index contributed by atoms with van der Waals surface area (Å²) in [7, 11) is 0. The van der Waals surface area contributed by atoms with Crippen molar-refractivity contribution in [2.45, 2.75) is 13.1 Å². The molecule has 100 valence electrons. The second-order valence-corrected chi connectivity index (χ2v) is 5.13. The van der Waals surface area contributed by atoms with E-state index < -0.39 is 0 Å². The molecule has 0 bridgehead atoms. The Balaban J connectivity index is 1.86. The van der Waals surface area contributed by atoms with E-state index in [4.69, 9.17) is 0 Å². The number of imidazole rings is 1. The Kier molecular flexibility index (Phi) is 5.03. The van der Waals surface area contributed by atoms with Crippen molar-refractivity contribution in [3.05, 3.63) is 54.1 Å². The van der Waals surface area contributed by atoms with Gasteiger partial charge in [-0.25, -0.2) is 4.98 Å². The predicted molar refractivity (Wildman–Crippen MR) is 78.0 cm³/mol. The Morgan fingerprint density at radius 3 is 2.68 bits per heavy atom. The summed E-state index contributed by atoms with van der Waals surface area (Å²) in [6.45, 7) is 1.41. The van der Waals surface area contributed by atoms with Gasteiger partial charge in [-0.2, -0.15) is 11.8 Å². The summed E-state index contributed by atoms with van der Waals surface area (Å²) >= 11 is 1.53. The standard InChI is InChI=1S/C14H17N3OS/c1-19-10-14(18)16-8-12-2-4-13(5-3-12)9-17-7-6-15-11-17/h2-7,11H,8-10H2,1H3,(H,16,18). The molecule has 19 heavy (non-hydrogen) atoms. The topological polar surface area (TPSA) is 46.9 Å². The second-order valence-electron chi connectivity index (χ2n) is 4.26. The molecule has 5 heteroatoms. The van der Waals surface area contributed by atoms with E-state index in [2.05, 4.69) is 22.4 Å². The highest BCUT2D eigenvalue weighted by atomic mass is 32.2. The molecule has 0 radical (unpaired) electrons. The van der Waals surface area contributed by atoms with E-state index in [0.29, 0.717) is 12.3 Å². The minimum absolute atomic E-state index is 0.0787. The normalized spacial score (nSPS) is 10.4. The molecule has 0 unspecified atom stereocenters. The summed E-state index contributed by atoms with van der Waals surface area (Å²) in [5, 5.41) is 2.89. The van der Waals surface area contributed by atoms with Crippen LogP contribution in [0.15, 0.2) is 43.0 Å². The van der Waals surface area contributed by atoms with E-state index in [-0.39, 0.29) is 5.91 Å². The Labute approximate surface area is 117 Å². The third-order valence-corrected chi connectivity index (χ3v) is 3.26. The van der Waals surface area contributed by atoms with E-state index in [1.54, 1.807) is 12.5 Å². The number of benzene rings is 1. The molecule has 0 aliphatic carbocycles. The van der Waals surface area contributed by atoms with Crippen LogP contribution in [0.1, 0.15) is 11.1 Å². The Bertz CT molecular complexity index is 508. The number of hydrogen-bond acceptors (Lipinski definition) is 3. The van der Waals surface area contributed by atoms with Gasteiger partial charge in [0.05, 0.1) is 12.1 Å². The zero-order chi connectivity index (χ0) is 13.5. The molecule has 0 aliphatic heterocycles. The number of carbonyl (C=O) groups excluding carboxylic acids is 1. The average molecular weight is 275 g/mol. The minimum atomic E-state index is 0.0787. The predicted octanol–water partition coefficient (Wildman–Crippen LogP) is 1.91. The first-order valence-corrected chi connectivity index (χ1v) is 7.46. The zero-order valence-corrected chi connectivity index (χ0v) is 11.7. The molecule has 2 aromatic rings. The monoisotopic (exact) mass is 275 g/mol. The van der Waals surface area contributed by atoms with Gasteiger partial charge in [0.25, 0.3) is 0 Å². The molecule has 0 atom stereocenters. The summed E-state index contributed by atoms with van der Waals surface area (Å²) in [4.78, 5) is 15.4. The van der Waals surface area contributed by atoms with Gasteiger partial charge in [0.1, 0.15) is 0 Å². The lowest BCUT2D eigenvalue weighted by molar-refractivity contribution is -0.118. The lowest BCUT2D eigenvalue weighted by Gasteiger charge is -2.06. The lowest BCUT2D eigenvalue weighted by Crippen LogP contribution is -2.24. The number of aromatic nitrogens is 2. The first-order chi connectivity index (χ1) is 9.28. The molecule has 2 rings (SSSR count). The molecule has 1 aromatic carbocycles. The molecule has 0 spiro atoms. The lowest BCUT2D eigenvalue weighted by atomic mass is 10.1. The van der Waals surface area contributed by atoms with Crippen LogP contribution in [-0.4, -0.2) is 27.5 Å². The van der Waals surface area contributed by atoms with Crippen LogP contribution >= 0.6 is 11.8 Å². The second kappa shape index (κ2) is 6.99. The summed E-state index contributed by atoms with van der Waals surface area (Å²) < 4.78 is 2.02. The van der Waals surface area contributed by atoms with Crippen molar-refractivity contribution in [2.24, 2.45) is 0 Å². The van der Waals surface area contributed by atoms with Crippen LogP contribution in [-0.2, 0) is 17.9 Å². The SMILES string of the molecule is CSCC(=O)NCc1ccc(Cn2ccnc2)cc1. The molecule has 4 nitrogen and oxygen atoms in total. The first kappa shape index (κ1) is 13.7. The smallest absolute Gasteiger partial charge is 0.230 e. The number of amides is 1. The molecule has 1 N–H and O–H groups in total. The first-order valence-electron chi connectivity index (χ1n) is 6.07. The maximum absolute atomic E-state index is 11.4. The average Bonchev–Trinajstić information content (AvgIpc) is 2.91. The van der Waals surface area contributed by atoms with Crippen molar-refractivity contribution >= 4 is 17.7 Å². The number of nitrogens with one attached hydrogen (secondary N) is 1. The van der Waals surface area contributed by atoms with Crippen LogP contribution < -0.4 is 5.32 Å². The highest BCUT2D eigenvalue weighted by molar-refractivity contribution is 7.99. The van der Waals surface area contributed by atoms with E-state index in [0.717, 1.165) is 12.1 Å². The van der Waals surface area contributed by atoms with E-state index in [1.165, 1.54) is 17.3 Å². The highest BCUT2D eigenvalue weighted by Crippen LogP contribution is 2.06. The third kappa shape index (κ3) is 4.44. The van der Waals surface area contributed by atoms with Gasteiger partial charge in [0, 0.05) is 25.5 Å². The number of nitrogens with zero attached hydrogens (tertiary/aromatic N) is 2. The van der Waals surface area contributed by atoms with Crippen molar-refractivity contribution < 1.29 is 4.79 Å². The van der Waals surface area contributed by atoms with Crippen LogP contribution in [0.25, 0.3) is 0 Å². The number of hydrogen-bond donors (Lipinski definition) is 1. The fourth-order valence-corrected chi connectivity index (χ4v) is 2.10. The Morgan fingerprint density at radius 1 is 1.32 bits per heavy atom. The van der Waals surface area contributed by atoms with E-state index >= 15 is 0 Å². The van der Waals surface area contributed by atoms with Crippen LogP contribution in [0.5, 0.6) is 0 Å². The van der Waals surface area contributed by atoms with Gasteiger partial charge in [-0.3, -0.25) is 4.79 Å². The van der Waals surface area contributed by atoms with Crippen LogP contribution in [0.4, 0.5) is 0 Å². The quantitative estimate of drug-likeness (QED) is 0.876. The van der Waals surface area contributed by atoms with Crippen molar-refractivity contribution in [3.8, 4) is 0 Å². The van der Waals surface area contributed by atoms with Gasteiger partial charge >= 0.3 is 0 Å². The number of carbonyl (C=O) groups is 1. The van der Waals surface area contributed by atoms with Crippen molar-refractivity contribution in [1.29, 1.82) is 0 Å². The van der Waals surface area contributed by atoms with Crippen LogP contribution in [0.3, 0.4) is 0 Å². The summed E-state index contributed by atoms with van der Waals surface area (Å²) in [6, 6.07) is 8.25. The van der Waals surface area contributed by atoms with Gasteiger partial charge in [-0.1, -0.05) is 24.3 Å². The molecular formula is C14H17N3OS. The van der Waals surface area contributed by atoms with Gasteiger partial charge in [-0.15, -0.1) is 0 Å². The van der Waals surface area contributed by atoms with Crippen molar-refractivity contribution in [1.82, 2.24) is 14.9 Å². The Hall–Kier alpha value is -1.75. The number of thioether (sulfide) groups is 1. The zero-order valence-electron chi connectivity index (χ0n) is 10.9. The molecule has 0 fully saturated rings. The van der Waals surface area contributed by atoms with E-state index in [9.17, 15) is 4.79 Å². The Morgan fingerprint density at radius 2 is 2.05 bits per heavy atom. The highest BCUT2D eigenvalue weighted by Gasteiger charge is 2.00. The van der Waals surface area contributed by atoms with Gasteiger partial charge in [0.15, 0.2) is 0 Å². The molecule has 0 saturated carbocycles. The van der Waals surface area contributed by atoms with Gasteiger partial charge in [-0.05, 0) is 17.4 Å². The van der Waals surface area contributed by atoms with E-state index in [1.807, 2.05) is 29.2 Å². The molecule has 0 aliphatic rings. The fraction of sp³-hybridized carbons (Fsp3) is 0.286. The third-order valence-electron chi connectivity index (χ3n) is 2.71. The van der Waals surface area contributed by atoms with Crippen LogP contribution in [0.2, 0.25) is 0 Å². The number of rotatable bonds is 6. The van der Waals surface area contributed by atoms with Gasteiger partial charge in [0.2, 0.25) is 5.91 Å². The minimum Gasteiger partial charge on any atom is -0.351 e. The van der Waals surface area contributed by atoms with Crippen molar-refractivity contribution in [2.75, 3.05) is 12.0 Å². The summed E-state index contributed by atoms with van der Waals surface area (Å²) in [5.74, 6) is 0.591. The summed E-state index contributed by atoms with van der Waals surface area (Å²) in [6.07, 6.45) is 7.44.